The van der Waals surface area contributed by atoms with E-state index in [2.05, 4.69) is 5.32 Å². The highest BCUT2D eigenvalue weighted by molar-refractivity contribution is 5.80. The molecule has 70 valence electrons. The second-order valence-electron chi connectivity index (χ2n) is 3.70. The Morgan fingerprint density at radius 2 is 2.23 bits per heavy atom. The molecule has 2 bridgehead atoms. The number of rotatable bonds is 0. The van der Waals surface area contributed by atoms with Crippen molar-refractivity contribution in [3.8, 4) is 0 Å². The van der Waals surface area contributed by atoms with Crippen LogP contribution < -0.4 is 5.32 Å². The molecular weight excluding hydrogens is 170 g/mol. The Morgan fingerprint density at radius 1 is 1.38 bits per heavy atom. The minimum atomic E-state index is -0.0301. The van der Waals surface area contributed by atoms with E-state index in [0.29, 0.717) is 13.3 Å². The zero-order chi connectivity index (χ0) is 8.84. The molecule has 4 nitrogen and oxygen atoms in total. The van der Waals surface area contributed by atoms with Gasteiger partial charge in [-0.2, -0.15) is 0 Å². The molecule has 1 amide bonds. The zero-order valence-electron chi connectivity index (χ0n) is 7.10. The highest BCUT2D eigenvalue weighted by atomic mass is 16.5. The van der Waals surface area contributed by atoms with Crippen LogP contribution in [0.5, 0.6) is 0 Å². The third-order valence-electron chi connectivity index (χ3n) is 3.00. The average Bonchev–Trinajstić information content (AvgIpc) is 2.66. The van der Waals surface area contributed by atoms with Crippen LogP contribution in [0.4, 0.5) is 0 Å². The summed E-state index contributed by atoms with van der Waals surface area (Å²) in [6, 6.07) is 0. The maximum atomic E-state index is 11.6. The Balaban J connectivity index is 1.93. The molecule has 1 N–H and O–H groups in total. The number of nitrogens with one attached hydrogen (secondary N) is 1. The van der Waals surface area contributed by atoms with E-state index in [-0.39, 0.29) is 30.0 Å². The number of hydrogen-bond donors (Lipinski definition) is 1. The van der Waals surface area contributed by atoms with Crippen molar-refractivity contribution in [3.05, 3.63) is 12.2 Å². The van der Waals surface area contributed by atoms with Crippen LogP contribution in [0.3, 0.4) is 0 Å². The van der Waals surface area contributed by atoms with Gasteiger partial charge in [0.05, 0.1) is 24.7 Å². The molecule has 0 aromatic heterocycles. The Bertz CT molecular complexity index is 276. The van der Waals surface area contributed by atoms with Crippen molar-refractivity contribution < 1.29 is 14.3 Å². The van der Waals surface area contributed by atoms with Crippen LogP contribution in [-0.2, 0) is 14.3 Å². The average molecular weight is 181 g/mol. The third kappa shape index (κ3) is 0.957. The Hall–Kier alpha value is -0.870. The molecule has 0 spiro atoms. The number of hydrogen-bond acceptors (Lipinski definition) is 3. The van der Waals surface area contributed by atoms with Crippen molar-refractivity contribution in [3.63, 3.8) is 0 Å². The van der Waals surface area contributed by atoms with Gasteiger partial charge in [0.25, 0.3) is 0 Å². The van der Waals surface area contributed by atoms with Crippen LogP contribution in [0, 0.1) is 11.8 Å². The van der Waals surface area contributed by atoms with E-state index >= 15 is 0 Å². The molecule has 4 atom stereocenters. The predicted octanol–water partition coefficient (Wildman–Crippen LogP) is -0.340. The van der Waals surface area contributed by atoms with E-state index in [1.807, 2.05) is 12.2 Å². The maximum Gasteiger partial charge on any atom is 0.228 e. The van der Waals surface area contributed by atoms with Gasteiger partial charge in [0.15, 0.2) is 0 Å². The number of ether oxygens (including phenoxy) is 2. The highest BCUT2D eigenvalue weighted by Gasteiger charge is 2.50. The second kappa shape index (κ2) is 2.56. The quantitative estimate of drug-likeness (QED) is 0.520. The maximum absolute atomic E-state index is 11.6. The van der Waals surface area contributed by atoms with Crippen LogP contribution in [0.1, 0.15) is 0 Å². The predicted molar refractivity (Wildman–Crippen MR) is 43.7 cm³/mol. The lowest BCUT2D eigenvalue weighted by atomic mass is 9.83. The minimum absolute atomic E-state index is 0.0169. The van der Waals surface area contributed by atoms with Gasteiger partial charge in [-0.3, -0.25) is 4.79 Å². The summed E-state index contributed by atoms with van der Waals surface area (Å²) in [5.74, 6) is 0.259. The van der Waals surface area contributed by atoms with Gasteiger partial charge in [0.2, 0.25) is 5.91 Å². The molecule has 0 radical (unpaired) electrons. The highest BCUT2D eigenvalue weighted by Crippen LogP contribution is 2.39. The molecule has 13 heavy (non-hydrogen) atoms. The van der Waals surface area contributed by atoms with Crippen molar-refractivity contribution in [2.75, 3.05) is 13.3 Å². The first-order valence-corrected chi connectivity index (χ1v) is 4.55. The van der Waals surface area contributed by atoms with Gasteiger partial charge in [-0.1, -0.05) is 12.2 Å². The molecule has 3 aliphatic heterocycles. The molecule has 4 heteroatoms. The fourth-order valence-electron chi connectivity index (χ4n) is 2.36. The molecule has 2 saturated heterocycles. The van der Waals surface area contributed by atoms with Gasteiger partial charge < -0.3 is 14.8 Å². The summed E-state index contributed by atoms with van der Waals surface area (Å²) in [4.78, 5) is 11.6. The molecule has 3 aliphatic rings. The number of fused-ring (bicyclic) bond motifs is 5. The van der Waals surface area contributed by atoms with E-state index in [4.69, 9.17) is 9.47 Å². The molecule has 0 aliphatic carbocycles. The van der Waals surface area contributed by atoms with Gasteiger partial charge in [0.1, 0.15) is 6.73 Å². The standard InChI is InChI=1S/C9H11NO3/c11-9-8-5(3-12-4-10-9)6-1-2-7(8)13-6/h1-2,5-8H,3-4H2,(H,10,11). The molecule has 4 unspecified atom stereocenters. The molecule has 3 rings (SSSR count). The van der Waals surface area contributed by atoms with E-state index in [1.165, 1.54) is 0 Å². The lowest BCUT2D eigenvalue weighted by Gasteiger charge is -2.19. The van der Waals surface area contributed by atoms with Crippen LogP contribution in [0.2, 0.25) is 0 Å². The fourth-order valence-corrected chi connectivity index (χ4v) is 2.36. The van der Waals surface area contributed by atoms with Crippen molar-refractivity contribution >= 4 is 5.91 Å². The first kappa shape index (κ1) is 7.53. The summed E-state index contributed by atoms with van der Waals surface area (Å²) in [5.41, 5.74) is 0. The summed E-state index contributed by atoms with van der Waals surface area (Å²) < 4.78 is 10.9. The Kier molecular flexibility index (Phi) is 1.48. The summed E-state index contributed by atoms with van der Waals surface area (Å²) >= 11 is 0. The molecule has 0 saturated carbocycles. The Morgan fingerprint density at radius 3 is 3.15 bits per heavy atom. The molecule has 0 aromatic rings. The van der Waals surface area contributed by atoms with Gasteiger partial charge in [0, 0.05) is 5.92 Å². The Labute approximate surface area is 75.9 Å². The minimum Gasteiger partial charge on any atom is -0.366 e. The first-order chi connectivity index (χ1) is 6.36. The number of amides is 1. The van der Waals surface area contributed by atoms with Crippen LogP contribution in [0.25, 0.3) is 0 Å². The van der Waals surface area contributed by atoms with E-state index < -0.39 is 0 Å². The largest absolute Gasteiger partial charge is 0.366 e. The third-order valence-corrected chi connectivity index (χ3v) is 3.00. The summed E-state index contributed by atoms with van der Waals surface area (Å²) in [6.45, 7) is 0.959. The summed E-state index contributed by atoms with van der Waals surface area (Å²) in [7, 11) is 0. The monoisotopic (exact) mass is 181 g/mol. The molecular formula is C9H11NO3. The molecule has 3 heterocycles. The second-order valence-corrected chi connectivity index (χ2v) is 3.70. The van der Waals surface area contributed by atoms with Crippen molar-refractivity contribution in [2.45, 2.75) is 12.2 Å². The summed E-state index contributed by atoms with van der Waals surface area (Å²) in [5, 5.41) is 2.73. The van der Waals surface area contributed by atoms with Gasteiger partial charge in [-0.05, 0) is 0 Å². The van der Waals surface area contributed by atoms with Gasteiger partial charge in [-0.25, -0.2) is 0 Å². The van der Waals surface area contributed by atoms with Crippen LogP contribution in [-0.4, -0.2) is 31.5 Å². The fraction of sp³-hybridized carbons (Fsp3) is 0.667. The van der Waals surface area contributed by atoms with Crippen molar-refractivity contribution in [1.82, 2.24) is 5.32 Å². The van der Waals surface area contributed by atoms with Gasteiger partial charge in [-0.15, -0.1) is 0 Å². The van der Waals surface area contributed by atoms with Gasteiger partial charge >= 0.3 is 0 Å². The zero-order valence-corrected chi connectivity index (χ0v) is 7.10. The van der Waals surface area contributed by atoms with Crippen LogP contribution in [0.15, 0.2) is 12.2 Å². The van der Waals surface area contributed by atoms with E-state index in [1.54, 1.807) is 0 Å². The first-order valence-electron chi connectivity index (χ1n) is 4.55. The lowest BCUT2D eigenvalue weighted by Crippen LogP contribution is -2.37. The van der Waals surface area contributed by atoms with Crippen molar-refractivity contribution in [1.29, 1.82) is 0 Å². The summed E-state index contributed by atoms with van der Waals surface area (Å²) in [6.07, 6.45) is 4.10. The molecule has 2 fully saturated rings. The molecule has 0 aromatic carbocycles. The number of carbonyl (C=O) groups excluding carboxylic acids is 1. The SMILES string of the molecule is O=C1NCOCC2C3C=CC(O3)C12. The van der Waals surface area contributed by atoms with E-state index in [9.17, 15) is 4.79 Å². The van der Waals surface area contributed by atoms with Crippen LogP contribution >= 0.6 is 0 Å². The number of carbonyl (C=O) groups is 1. The lowest BCUT2D eigenvalue weighted by molar-refractivity contribution is -0.126. The van der Waals surface area contributed by atoms with E-state index in [0.717, 1.165) is 0 Å². The van der Waals surface area contributed by atoms with Crippen molar-refractivity contribution in [2.24, 2.45) is 11.8 Å². The normalized spacial score (nSPS) is 47.2. The topological polar surface area (TPSA) is 47.6 Å². The smallest absolute Gasteiger partial charge is 0.228 e.